The lowest BCUT2D eigenvalue weighted by Gasteiger charge is -2.06. The lowest BCUT2D eigenvalue weighted by atomic mass is 10.1. The Labute approximate surface area is 163 Å². The Kier molecular flexibility index (Phi) is 6.41. The van der Waals surface area contributed by atoms with Gasteiger partial charge >= 0.3 is 5.97 Å². The standard InChI is InChI=1S/C19H16FNO4S2/c1-24-16-7-6-12(10-13(16)20)15(22)11-25-18(23)8-9-26-19-21-14-4-2-3-5-17(14)27-19/h2-7,10H,8-9,11H2,1H3. The predicted octanol–water partition coefficient (Wildman–Crippen LogP) is 4.35. The van der Waals surface area contributed by atoms with Crippen LogP contribution in [-0.4, -0.2) is 36.2 Å². The molecular formula is C19H16FNO4S2. The molecular weight excluding hydrogens is 389 g/mol. The highest BCUT2D eigenvalue weighted by Gasteiger charge is 2.13. The van der Waals surface area contributed by atoms with E-state index in [2.05, 4.69) is 4.98 Å². The Bertz CT molecular complexity index is 940. The Morgan fingerprint density at radius 2 is 2.04 bits per heavy atom. The molecule has 0 radical (unpaired) electrons. The predicted molar refractivity (Wildman–Crippen MR) is 103 cm³/mol. The summed E-state index contributed by atoms with van der Waals surface area (Å²) in [5, 5.41) is 0. The van der Waals surface area contributed by atoms with Gasteiger partial charge in [0.15, 0.2) is 28.3 Å². The first-order chi connectivity index (χ1) is 13.1. The van der Waals surface area contributed by atoms with Crippen molar-refractivity contribution in [2.75, 3.05) is 19.5 Å². The third-order valence-electron chi connectivity index (χ3n) is 3.64. The second-order valence-corrected chi connectivity index (χ2v) is 7.85. The Morgan fingerprint density at radius 1 is 1.22 bits per heavy atom. The lowest BCUT2D eigenvalue weighted by Crippen LogP contribution is -2.14. The van der Waals surface area contributed by atoms with Crippen molar-refractivity contribution in [1.82, 2.24) is 4.98 Å². The molecule has 0 saturated heterocycles. The van der Waals surface area contributed by atoms with Crippen LogP contribution in [0.1, 0.15) is 16.8 Å². The molecule has 3 aromatic rings. The summed E-state index contributed by atoms with van der Waals surface area (Å²) in [5.74, 6) is -1.03. The number of thioether (sulfide) groups is 1. The van der Waals surface area contributed by atoms with Crippen LogP contribution in [0.5, 0.6) is 5.75 Å². The van der Waals surface area contributed by atoms with Crippen molar-refractivity contribution in [3.8, 4) is 5.75 Å². The average molecular weight is 405 g/mol. The zero-order valence-corrected chi connectivity index (χ0v) is 16.1. The molecule has 140 valence electrons. The summed E-state index contributed by atoms with van der Waals surface area (Å²) in [5.41, 5.74) is 1.06. The fraction of sp³-hybridized carbons (Fsp3) is 0.211. The lowest BCUT2D eigenvalue weighted by molar-refractivity contribution is -0.141. The second-order valence-electron chi connectivity index (χ2n) is 5.48. The number of esters is 1. The van der Waals surface area contributed by atoms with Gasteiger partial charge in [0, 0.05) is 11.3 Å². The van der Waals surface area contributed by atoms with Gasteiger partial charge in [-0.05, 0) is 30.3 Å². The minimum absolute atomic E-state index is 0.0513. The zero-order valence-electron chi connectivity index (χ0n) is 14.4. The highest BCUT2D eigenvalue weighted by Crippen LogP contribution is 2.29. The molecule has 27 heavy (non-hydrogen) atoms. The van der Waals surface area contributed by atoms with E-state index >= 15 is 0 Å². The van der Waals surface area contributed by atoms with Crippen molar-refractivity contribution >= 4 is 45.1 Å². The van der Waals surface area contributed by atoms with Crippen molar-refractivity contribution in [2.24, 2.45) is 0 Å². The van der Waals surface area contributed by atoms with Crippen LogP contribution < -0.4 is 4.74 Å². The number of carbonyl (C=O) groups is 2. The summed E-state index contributed by atoms with van der Waals surface area (Å²) >= 11 is 3.04. The first kappa shape index (κ1) is 19.3. The molecule has 8 heteroatoms. The molecule has 2 aromatic carbocycles. The highest BCUT2D eigenvalue weighted by molar-refractivity contribution is 8.01. The van der Waals surface area contributed by atoms with Crippen LogP contribution in [-0.2, 0) is 9.53 Å². The maximum absolute atomic E-state index is 13.6. The number of ketones is 1. The van der Waals surface area contributed by atoms with Gasteiger partial charge in [-0.2, -0.15) is 0 Å². The van der Waals surface area contributed by atoms with Crippen LogP contribution in [0.25, 0.3) is 10.2 Å². The number of aromatic nitrogens is 1. The molecule has 1 aromatic heterocycles. The number of benzene rings is 2. The molecule has 0 saturated carbocycles. The van der Waals surface area contributed by atoms with Crippen LogP contribution in [0.3, 0.4) is 0 Å². The largest absolute Gasteiger partial charge is 0.494 e. The second kappa shape index (κ2) is 8.96. The molecule has 0 bridgehead atoms. The van der Waals surface area contributed by atoms with Crippen molar-refractivity contribution < 1.29 is 23.5 Å². The molecule has 0 spiro atoms. The third-order valence-corrected chi connectivity index (χ3v) is 5.83. The van der Waals surface area contributed by atoms with E-state index in [0.29, 0.717) is 5.75 Å². The zero-order chi connectivity index (χ0) is 19.2. The van der Waals surface area contributed by atoms with Gasteiger partial charge in [-0.25, -0.2) is 9.37 Å². The number of rotatable bonds is 8. The van der Waals surface area contributed by atoms with Gasteiger partial charge in [0.25, 0.3) is 0 Å². The number of methoxy groups -OCH3 is 1. The van der Waals surface area contributed by atoms with E-state index in [4.69, 9.17) is 9.47 Å². The number of Topliss-reactive ketones (excluding diaryl/α,β-unsaturated/α-hetero) is 1. The van der Waals surface area contributed by atoms with Crippen LogP contribution in [0.15, 0.2) is 46.8 Å². The number of nitrogens with zero attached hydrogens (tertiary/aromatic N) is 1. The monoisotopic (exact) mass is 405 g/mol. The average Bonchev–Trinajstić information content (AvgIpc) is 3.08. The van der Waals surface area contributed by atoms with Gasteiger partial charge in [-0.15, -0.1) is 11.3 Å². The van der Waals surface area contributed by atoms with Gasteiger partial charge in [-0.1, -0.05) is 23.9 Å². The topological polar surface area (TPSA) is 65.5 Å². The third kappa shape index (κ3) is 5.05. The van der Waals surface area contributed by atoms with E-state index in [1.54, 1.807) is 11.3 Å². The first-order valence-electron chi connectivity index (χ1n) is 8.07. The van der Waals surface area contributed by atoms with Gasteiger partial charge in [0.2, 0.25) is 0 Å². The maximum Gasteiger partial charge on any atom is 0.307 e. The van der Waals surface area contributed by atoms with E-state index in [9.17, 15) is 14.0 Å². The molecule has 5 nitrogen and oxygen atoms in total. The number of hydrogen-bond acceptors (Lipinski definition) is 7. The molecule has 0 aliphatic rings. The Balaban J connectivity index is 1.44. The van der Waals surface area contributed by atoms with Crippen molar-refractivity contribution in [3.63, 3.8) is 0 Å². The number of thiazole rings is 1. The van der Waals surface area contributed by atoms with Crippen LogP contribution >= 0.6 is 23.1 Å². The number of halogens is 1. The molecule has 0 unspecified atom stereocenters. The first-order valence-corrected chi connectivity index (χ1v) is 9.88. The summed E-state index contributed by atoms with van der Waals surface area (Å²) in [6.07, 6.45) is 0.158. The van der Waals surface area contributed by atoms with Gasteiger partial charge in [0.1, 0.15) is 0 Å². The molecule has 0 fully saturated rings. The van der Waals surface area contributed by atoms with E-state index in [-0.39, 0.29) is 17.7 Å². The van der Waals surface area contributed by atoms with Crippen molar-refractivity contribution in [2.45, 2.75) is 10.8 Å². The van der Waals surface area contributed by atoms with E-state index < -0.39 is 24.2 Å². The number of fused-ring (bicyclic) bond motifs is 1. The summed E-state index contributed by atoms with van der Waals surface area (Å²) in [6.45, 7) is -0.420. The fourth-order valence-electron chi connectivity index (χ4n) is 2.28. The molecule has 0 aliphatic heterocycles. The Hall–Kier alpha value is -2.45. The van der Waals surface area contributed by atoms with Gasteiger partial charge in [-0.3, -0.25) is 9.59 Å². The number of ether oxygens (including phenoxy) is 2. The van der Waals surface area contributed by atoms with E-state index in [1.165, 1.54) is 31.0 Å². The molecule has 0 amide bonds. The molecule has 0 N–H and O–H groups in total. The van der Waals surface area contributed by atoms with Crippen LogP contribution in [0.4, 0.5) is 4.39 Å². The van der Waals surface area contributed by atoms with Crippen LogP contribution in [0, 0.1) is 5.82 Å². The maximum atomic E-state index is 13.6. The van der Waals surface area contributed by atoms with Crippen molar-refractivity contribution in [1.29, 1.82) is 0 Å². The molecule has 0 aliphatic carbocycles. The molecule has 1 heterocycles. The molecule has 3 rings (SSSR count). The van der Waals surface area contributed by atoms with Gasteiger partial charge < -0.3 is 9.47 Å². The van der Waals surface area contributed by atoms with E-state index in [1.807, 2.05) is 24.3 Å². The quantitative estimate of drug-likeness (QED) is 0.315. The minimum Gasteiger partial charge on any atom is -0.494 e. The highest BCUT2D eigenvalue weighted by atomic mass is 32.2. The minimum atomic E-state index is -0.637. The Morgan fingerprint density at radius 3 is 2.78 bits per heavy atom. The molecule has 0 atom stereocenters. The van der Waals surface area contributed by atoms with E-state index in [0.717, 1.165) is 20.6 Å². The smallest absolute Gasteiger partial charge is 0.307 e. The number of para-hydroxylation sites is 1. The number of hydrogen-bond donors (Lipinski definition) is 0. The summed E-state index contributed by atoms with van der Waals surface area (Å²) in [7, 11) is 1.34. The van der Waals surface area contributed by atoms with Crippen LogP contribution in [0.2, 0.25) is 0 Å². The summed E-state index contributed by atoms with van der Waals surface area (Å²) < 4.78 is 25.4. The normalized spacial score (nSPS) is 10.7. The number of carbonyl (C=O) groups excluding carboxylic acids is 2. The SMILES string of the molecule is COc1ccc(C(=O)COC(=O)CCSc2nc3ccccc3s2)cc1F. The summed E-state index contributed by atoms with van der Waals surface area (Å²) in [4.78, 5) is 28.3. The fourth-order valence-corrected chi connectivity index (χ4v) is 4.33. The van der Waals surface area contributed by atoms with Crippen molar-refractivity contribution in [3.05, 3.63) is 53.8 Å². The summed E-state index contributed by atoms with van der Waals surface area (Å²) in [6, 6.07) is 11.7. The van der Waals surface area contributed by atoms with Gasteiger partial charge in [0.05, 0.1) is 23.7 Å².